The molecular formula is C24H29NO3. The number of aliphatic hydroxyl groups is 1. The summed E-state index contributed by atoms with van der Waals surface area (Å²) in [5.41, 5.74) is 1.75. The lowest BCUT2D eigenvalue weighted by Crippen LogP contribution is -2.49. The van der Waals surface area contributed by atoms with Gasteiger partial charge in [-0.3, -0.25) is 4.79 Å². The van der Waals surface area contributed by atoms with Gasteiger partial charge in [0.05, 0.1) is 18.3 Å². The maximum atomic E-state index is 13.3. The van der Waals surface area contributed by atoms with Crippen LogP contribution in [0.25, 0.3) is 0 Å². The molecule has 2 fully saturated rings. The number of likely N-dealkylation sites (tertiary alicyclic amines) is 1. The van der Waals surface area contributed by atoms with Crippen LogP contribution in [0.2, 0.25) is 0 Å². The van der Waals surface area contributed by atoms with Crippen molar-refractivity contribution in [3.8, 4) is 5.75 Å². The van der Waals surface area contributed by atoms with E-state index in [0.29, 0.717) is 24.5 Å². The van der Waals surface area contributed by atoms with Crippen LogP contribution >= 0.6 is 0 Å². The van der Waals surface area contributed by atoms with E-state index in [0.717, 1.165) is 45.1 Å². The Bertz CT molecular complexity index is 807. The summed E-state index contributed by atoms with van der Waals surface area (Å²) in [7, 11) is 0. The highest BCUT2D eigenvalue weighted by Gasteiger charge is 2.45. The molecule has 1 amide bonds. The van der Waals surface area contributed by atoms with Gasteiger partial charge in [0.15, 0.2) is 0 Å². The van der Waals surface area contributed by atoms with E-state index in [1.54, 1.807) is 0 Å². The fraction of sp³-hybridized carbons (Fsp3) is 0.458. The van der Waals surface area contributed by atoms with E-state index in [-0.39, 0.29) is 17.4 Å². The second kappa shape index (κ2) is 8.36. The Morgan fingerprint density at radius 2 is 1.82 bits per heavy atom. The number of rotatable bonds is 5. The Balaban J connectivity index is 1.44. The fourth-order valence-corrected chi connectivity index (χ4v) is 4.79. The lowest BCUT2D eigenvalue weighted by atomic mass is 9.76. The number of nitrogens with zero attached hydrogens (tertiary/aromatic N) is 1. The highest BCUT2D eigenvalue weighted by molar-refractivity contribution is 5.97. The van der Waals surface area contributed by atoms with Crippen LogP contribution in [-0.4, -0.2) is 41.7 Å². The molecule has 1 spiro atoms. The number of aliphatic hydroxyl groups excluding tert-OH is 1. The summed E-state index contributed by atoms with van der Waals surface area (Å²) in [4.78, 5) is 15.2. The molecule has 2 aliphatic rings. The number of benzene rings is 2. The molecule has 0 radical (unpaired) electrons. The van der Waals surface area contributed by atoms with Gasteiger partial charge in [-0.15, -0.1) is 0 Å². The van der Waals surface area contributed by atoms with E-state index in [1.165, 1.54) is 5.56 Å². The van der Waals surface area contributed by atoms with Crippen LogP contribution in [0.3, 0.4) is 0 Å². The average Bonchev–Trinajstić information content (AvgIpc) is 3.08. The molecular weight excluding hydrogens is 350 g/mol. The van der Waals surface area contributed by atoms with E-state index < -0.39 is 0 Å². The SMILES string of the molecule is O=C(c1ccccc1OCCc1ccccc1)N1CCC[C@@]2(CCC[C@H]2O)C1. The number of amides is 1. The average molecular weight is 380 g/mol. The Labute approximate surface area is 167 Å². The van der Waals surface area contributed by atoms with Crippen LogP contribution in [0.15, 0.2) is 54.6 Å². The zero-order valence-corrected chi connectivity index (χ0v) is 16.3. The summed E-state index contributed by atoms with van der Waals surface area (Å²) >= 11 is 0. The van der Waals surface area contributed by atoms with Gasteiger partial charge in [-0.1, -0.05) is 48.9 Å². The van der Waals surface area contributed by atoms with Crippen molar-refractivity contribution >= 4 is 5.91 Å². The number of piperidine rings is 1. The first-order valence-electron chi connectivity index (χ1n) is 10.4. The predicted octanol–water partition coefficient (Wildman–Crippen LogP) is 4.08. The van der Waals surface area contributed by atoms with Crippen LogP contribution in [0, 0.1) is 5.41 Å². The number of hydrogen-bond acceptors (Lipinski definition) is 3. The maximum absolute atomic E-state index is 13.3. The van der Waals surface area contributed by atoms with E-state index >= 15 is 0 Å². The molecule has 0 unspecified atom stereocenters. The molecule has 2 aromatic carbocycles. The summed E-state index contributed by atoms with van der Waals surface area (Å²) < 4.78 is 5.99. The normalized spacial score (nSPS) is 24.5. The topological polar surface area (TPSA) is 49.8 Å². The molecule has 4 nitrogen and oxygen atoms in total. The molecule has 148 valence electrons. The van der Waals surface area contributed by atoms with Gasteiger partial charge in [0.25, 0.3) is 5.91 Å². The minimum absolute atomic E-state index is 0.0217. The largest absolute Gasteiger partial charge is 0.492 e. The zero-order valence-electron chi connectivity index (χ0n) is 16.3. The van der Waals surface area contributed by atoms with Crippen molar-refractivity contribution in [3.05, 3.63) is 65.7 Å². The molecule has 28 heavy (non-hydrogen) atoms. The molecule has 1 aliphatic heterocycles. The van der Waals surface area contributed by atoms with Gasteiger partial charge < -0.3 is 14.7 Å². The number of para-hydroxylation sites is 1. The molecule has 4 rings (SSSR count). The minimum atomic E-state index is -0.277. The lowest BCUT2D eigenvalue weighted by molar-refractivity contribution is -0.00546. The first-order valence-corrected chi connectivity index (χ1v) is 10.4. The van der Waals surface area contributed by atoms with Gasteiger partial charge in [-0.2, -0.15) is 0 Å². The highest BCUT2D eigenvalue weighted by atomic mass is 16.5. The molecule has 1 saturated heterocycles. The third-order valence-electron chi connectivity index (χ3n) is 6.36. The molecule has 1 N–H and O–H groups in total. The first kappa shape index (κ1) is 19.0. The van der Waals surface area contributed by atoms with Crippen molar-refractivity contribution in [2.75, 3.05) is 19.7 Å². The van der Waals surface area contributed by atoms with Crippen LogP contribution in [0.1, 0.15) is 48.0 Å². The third kappa shape index (κ3) is 3.93. The summed E-state index contributed by atoms with van der Waals surface area (Å²) in [6.07, 6.45) is 5.45. The Hall–Kier alpha value is -2.33. The zero-order chi connectivity index (χ0) is 19.4. The van der Waals surface area contributed by atoms with Crippen molar-refractivity contribution in [3.63, 3.8) is 0 Å². The molecule has 4 heteroatoms. The fourth-order valence-electron chi connectivity index (χ4n) is 4.79. The molecule has 0 bridgehead atoms. The van der Waals surface area contributed by atoms with Crippen molar-refractivity contribution in [2.45, 2.75) is 44.6 Å². The van der Waals surface area contributed by atoms with Gasteiger partial charge in [-0.25, -0.2) is 0 Å². The van der Waals surface area contributed by atoms with E-state index in [4.69, 9.17) is 4.74 Å². The lowest BCUT2D eigenvalue weighted by Gasteiger charge is -2.42. The molecule has 0 aromatic heterocycles. The Morgan fingerprint density at radius 1 is 1.07 bits per heavy atom. The quantitative estimate of drug-likeness (QED) is 0.852. The second-order valence-corrected chi connectivity index (χ2v) is 8.18. The standard InChI is InChI=1S/C24H29NO3/c26-22-12-6-14-24(22)15-7-16-25(18-24)23(27)20-10-4-5-11-21(20)28-17-13-19-8-2-1-3-9-19/h1-5,8-11,22,26H,6-7,12-18H2/t22-,24+/m1/s1. The second-order valence-electron chi connectivity index (χ2n) is 8.18. The van der Waals surface area contributed by atoms with Crippen LogP contribution in [-0.2, 0) is 6.42 Å². The van der Waals surface area contributed by atoms with Gasteiger partial charge in [0.2, 0.25) is 0 Å². The number of carbonyl (C=O) groups excluding carboxylic acids is 1. The predicted molar refractivity (Wildman–Crippen MR) is 110 cm³/mol. The van der Waals surface area contributed by atoms with Crippen LogP contribution in [0.4, 0.5) is 0 Å². The van der Waals surface area contributed by atoms with Gasteiger partial charge >= 0.3 is 0 Å². The molecule has 1 saturated carbocycles. The number of ether oxygens (including phenoxy) is 1. The summed E-state index contributed by atoms with van der Waals surface area (Å²) in [5, 5.41) is 10.5. The van der Waals surface area contributed by atoms with E-state index in [1.807, 2.05) is 47.4 Å². The van der Waals surface area contributed by atoms with Gasteiger partial charge in [0.1, 0.15) is 5.75 Å². The summed E-state index contributed by atoms with van der Waals surface area (Å²) in [6, 6.07) is 17.8. The Morgan fingerprint density at radius 3 is 2.61 bits per heavy atom. The smallest absolute Gasteiger partial charge is 0.257 e. The van der Waals surface area contributed by atoms with E-state index in [2.05, 4.69) is 12.1 Å². The Kier molecular flexibility index (Phi) is 5.67. The van der Waals surface area contributed by atoms with Crippen LogP contribution < -0.4 is 4.74 Å². The van der Waals surface area contributed by atoms with Crippen molar-refractivity contribution in [1.29, 1.82) is 0 Å². The number of carbonyl (C=O) groups is 1. The van der Waals surface area contributed by atoms with Crippen molar-refractivity contribution in [2.24, 2.45) is 5.41 Å². The van der Waals surface area contributed by atoms with Gasteiger partial charge in [-0.05, 0) is 43.4 Å². The highest BCUT2D eigenvalue weighted by Crippen LogP contribution is 2.45. The molecule has 2 aromatic rings. The van der Waals surface area contributed by atoms with Gasteiger partial charge in [0, 0.05) is 24.9 Å². The third-order valence-corrected chi connectivity index (χ3v) is 6.36. The molecule has 2 atom stereocenters. The monoisotopic (exact) mass is 379 g/mol. The molecule has 1 heterocycles. The summed E-state index contributed by atoms with van der Waals surface area (Å²) in [6.45, 7) is 1.95. The van der Waals surface area contributed by atoms with Crippen LogP contribution in [0.5, 0.6) is 5.75 Å². The summed E-state index contributed by atoms with van der Waals surface area (Å²) in [5.74, 6) is 0.670. The molecule has 1 aliphatic carbocycles. The number of hydrogen-bond donors (Lipinski definition) is 1. The first-order chi connectivity index (χ1) is 13.7. The van der Waals surface area contributed by atoms with Crippen molar-refractivity contribution in [1.82, 2.24) is 4.90 Å². The van der Waals surface area contributed by atoms with E-state index in [9.17, 15) is 9.90 Å². The minimum Gasteiger partial charge on any atom is -0.492 e. The maximum Gasteiger partial charge on any atom is 0.257 e. The van der Waals surface area contributed by atoms with Crippen molar-refractivity contribution < 1.29 is 14.6 Å².